The molecule has 20 heavy (non-hydrogen) atoms. The van der Waals surface area contributed by atoms with Crippen LogP contribution in [0.5, 0.6) is 0 Å². The van der Waals surface area contributed by atoms with Crippen molar-refractivity contribution in [3.05, 3.63) is 71.0 Å². The van der Waals surface area contributed by atoms with Crippen LogP contribution in [-0.2, 0) is 6.42 Å². The second-order valence-electron chi connectivity index (χ2n) is 4.49. The highest BCUT2D eigenvalue weighted by atomic mass is 35.5. The van der Waals surface area contributed by atoms with Crippen LogP contribution in [0.4, 0.5) is 0 Å². The van der Waals surface area contributed by atoms with Crippen molar-refractivity contribution in [2.45, 2.75) is 6.42 Å². The Balaban J connectivity index is 1.86. The summed E-state index contributed by atoms with van der Waals surface area (Å²) in [7, 11) is 0. The highest BCUT2D eigenvalue weighted by Gasteiger charge is 2.08. The predicted molar refractivity (Wildman–Crippen MR) is 79.0 cm³/mol. The molecule has 3 aromatic rings. The van der Waals surface area contributed by atoms with E-state index in [1.807, 2.05) is 18.2 Å². The number of benzene rings is 2. The Bertz CT molecular complexity index is 769. The minimum absolute atomic E-state index is 0.0554. The summed E-state index contributed by atoms with van der Waals surface area (Å²) in [5.74, 6) is 0.0554. The molecule has 3 nitrogen and oxygen atoms in total. The molecule has 0 amide bonds. The fourth-order valence-electron chi connectivity index (χ4n) is 2.03. The average molecular weight is 283 g/mol. The minimum atomic E-state index is 0.0554. The molecule has 0 radical (unpaired) electrons. The minimum Gasteiger partial charge on any atom is -0.294 e. The van der Waals surface area contributed by atoms with Gasteiger partial charge in [-0.2, -0.15) is 0 Å². The van der Waals surface area contributed by atoms with Crippen molar-refractivity contribution in [3.8, 4) is 0 Å². The van der Waals surface area contributed by atoms with Gasteiger partial charge in [0.2, 0.25) is 0 Å². The first-order valence-corrected chi connectivity index (χ1v) is 6.58. The van der Waals surface area contributed by atoms with Crippen molar-refractivity contribution in [2.24, 2.45) is 0 Å². The fourth-order valence-corrected chi connectivity index (χ4v) is 2.15. The van der Waals surface area contributed by atoms with Crippen LogP contribution < -0.4 is 0 Å². The van der Waals surface area contributed by atoms with Gasteiger partial charge in [-0.1, -0.05) is 23.7 Å². The summed E-state index contributed by atoms with van der Waals surface area (Å²) in [6, 6.07) is 12.7. The van der Waals surface area contributed by atoms with Gasteiger partial charge in [-0.05, 0) is 35.9 Å². The molecule has 1 heterocycles. The Morgan fingerprint density at radius 3 is 2.40 bits per heavy atom. The van der Waals surface area contributed by atoms with Crippen LogP contribution in [0.25, 0.3) is 11.0 Å². The van der Waals surface area contributed by atoms with E-state index in [1.54, 1.807) is 36.7 Å². The lowest BCUT2D eigenvalue weighted by atomic mass is 10.0. The normalized spacial score (nSPS) is 10.7. The van der Waals surface area contributed by atoms with Gasteiger partial charge in [-0.25, -0.2) is 0 Å². The monoisotopic (exact) mass is 282 g/mol. The van der Waals surface area contributed by atoms with E-state index in [0.717, 1.165) is 16.6 Å². The Kier molecular flexibility index (Phi) is 3.44. The molecule has 1 aromatic heterocycles. The lowest BCUT2D eigenvalue weighted by Crippen LogP contribution is -2.03. The molecule has 0 aliphatic heterocycles. The van der Waals surface area contributed by atoms with Crippen molar-refractivity contribution in [3.63, 3.8) is 0 Å². The SMILES string of the molecule is O=C(Cc1ccc(Cl)cc1)c1ccc2nccnc2c1. The quantitative estimate of drug-likeness (QED) is 0.688. The third kappa shape index (κ3) is 2.68. The number of carbonyl (C=O) groups is 1. The molecule has 0 aliphatic rings. The largest absolute Gasteiger partial charge is 0.294 e. The first-order chi connectivity index (χ1) is 9.72. The first-order valence-electron chi connectivity index (χ1n) is 6.21. The van der Waals surface area contributed by atoms with Crippen molar-refractivity contribution < 1.29 is 4.79 Å². The molecule has 3 rings (SSSR count). The van der Waals surface area contributed by atoms with Crippen LogP contribution in [0.2, 0.25) is 5.02 Å². The number of hydrogen-bond donors (Lipinski definition) is 0. The Labute approximate surface area is 121 Å². The number of rotatable bonds is 3. The van der Waals surface area contributed by atoms with Crippen LogP contribution in [0.15, 0.2) is 54.9 Å². The number of nitrogens with zero attached hydrogens (tertiary/aromatic N) is 2. The molecule has 0 N–H and O–H groups in total. The molecule has 0 spiro atoms. The predicted octanol–water partition coefficient (Wildman–Crippen LogP) is 3.71. The van der Waals surface area contributed by atoms with Crippen molar-refractivity contribution in [1.29, 1.82) is 0 Å². The fraction of sp³-hybridized carbons (Fsp3) is 0.0625. The number of fused-ring (bicyclic) bond motifs is 1. The summed E-state index contributed by atoms with van der Waals surface area (Å²) in [4.78, 5) is 20.7. The molecule has 2 aromatic carbocycles. The number of carbonyl (C=O) groups excluding carboxylic acids is 1. The van der Waals surface area contributed by atoms with Crippen LogP contribution in [0.1, 0.15) is 15.9 Å². The average Bonchev–Trinajstić information content (AvgIpc) is 2.49. The lowest BCUT2D eigenvalue weighted by molar-refractivity contribution is 0.0993. The summed E-state index contributed by atoms with van der Waals surface area (Å²) in [6.07, 6.45) is 3.61. The number of hydrogen-bond acceptors (Lipinski definition) is 3. The number of ketones is 1. The molecule has 4 heteroatoms. The smallest absolute Gasteiger partial charge is 0.167 e. The van der Waals surface area contributed by atoms with Crippen LogP contribution in [0, 0.1) is 0 Å². The van der Waals surface area contributed by atoms with Gasteiger partial charge in [0.25, 0.3) is 0 Å². The van der Waals surface area contributed by atoms with E-state index < -0.39 is 0 Å². The van der Waals surface area contributed by atoms with Gasteiger partial charge in [-0.3, -0.25) is 14.8 Å². The lowest BCUT2D eigenvalue weighted by Gasteiger charge is -2.03. The second-order valence-corrected chi connectivity index (χ2v) is 4.92. The molecule has 98 valence electrons. The van der Waals surface area contributed by atoms with Gasteiger partial charge in [0.1, 0.15) is 0 Å². The van der Waals surface area contributed by atoms with E-state index in [2.05, 4.69) is 9.97 Å². The molecule has 0 fully saturated rings. The van der Waals surface area contributed by atoms with E-state index in [-0.39, 0.29) is 5.78 Å². The third-order valence-corrected chi connectivity index (χ3v) is 3.32. The van der Waals surface area contributed by atoms with Gasteiger partial charge < -0.3 is 0 Å². The van der Waals surface area contributed by atoms with E-state index in [4.69, 9.17) is 11.6 Å². The first kappa shape index (κ1) is 12.8. The molecule has 0 unspecified atom stereocenters. The second kappa shape index (κ2) is 5.39. The molecular formula is C16H11ClN2O. The Morgan fingerprint density at radius 2 is 1.65 bits per heavy atom. The summed E-state index contributed by atoms with van der Waals surface area (Å²) in [6.45, 7) is 0. The van der Waals surface area contributed by atoms with Gasteiger partial charge in [0.05, 0.1) is 11.0 Å². The van der Waals surface area contributed by atoms with Crippen molar-refractivity contribution in [1.82, 2.24) is 9.97 Å². The van der Waals surface area contributed by atoms with Crippen LogP contribution in [0.3, 0.4) is 0 Å². The zero-order chi connectivity index (χ0) is 13.9. The summed E-state index contributed by atoms with van der Waals surface area (Å²) >= 11 is 5.83. The molecule has 0 saturated carbocycles. The van der Waals surface area contributed by atoms with Crippen molar-refractivity contribution in [2.75, 3.05) is 0 Å². The number of aromatic nitrogens is 2. The topological polar surface area (TPSA) is 42.9 Å². The highest BCUT2D eigenvalue weighted by molar-refractivity contribution is 6.30. The zero-order valence-electron chi connectivity index (χ0n) is 10.6. The van der Waals surface area contributed by atoms with Gasteiger partial charge >= 0.3 is 0 Å². The molecule has 0 aliphatic carbocycles. The van der Waals surface area contributed by atoms with Gasteiger partial charge in [-0.15, -0.1) is 0 Å². The molecular weight excluding hydrogens is 272 g/mol. The number of halogens is 1. The molecule has 0 bridgehead atoms. The van der Waals surface area contributed by atoms with Crippen LogP contribution >= 0.6 is 11.6 Å². The number of Topliss-reactive ketones (excluding diaryl/α,β-unsaturated/α-hetero) is 1. The Morgan fingerprint density at radius 1 is 0.950 bits per heavy atom. The van der Waals surface area contributed by atoms with E-state index >= 15 is 0 Å². The maximum atomic E-state index is 12.3. The maximum absolute atomic E-state index is 12.3. The Hall–Kier alpha value is -2.26. The van der Waals surface area contributed by atoms with Gasteiger partial charge in [0, 0.05) is 29.4 Å². The maximum Gasteiger partial charge on any atom is 0.167 e. The van der Waals surface area contributed by atoms with Gasteiger partial charge in [0.15, 0.2) is 5.78 Å². The molecule has 0 atom stereocenters. The zero-order valence-corrected chi connectivity index (χ0v) is 11.3. The van der Waals surface area contributed by atoms with E-state index in [9.17, 15) is 4.79 Å². The molecule has 0 saturated heterocycles. The summed E-state index contributed by atoms with van der Waals surface area (Å²) < 4.78 is 0. The third-order valence-electron chi connectivity index (χ3n) is 3.07. The van der Waals surface area contributed by atoms with Crippen molar-refractivity contribution >= 4 is 28.4 Å². The highest BCUT2D eigenvalue weighted by Crippen LogP contribution is 2.15. The summed E-state index contributed by atoms with van der Waals surface area (Å²) in [5.41, 5.74) is 3.11. The standard InChI is InChI=1S/C16H11ClN2O/c17-13-4-1-11(2-5-13)9-16(20)12-3-6-14-15(10-12)19-8-7-18-14/h1-8,10H,9H2. The summed E-state index contributed by atoms with van der Waals surface area (Å²) in [5, 5.41) is 0.669. The van der Waals surface area contributed by atoms with Crippen LogP contribution in [-0.4, -0.2) is 15.8 Å². The van der Waals surface area contributed by atoms with E-state index in [1.165, 1.54) is 0 Å². The van der Waals surface area contributed by atoms with E-state index in [0.29, 0.717) is 17.0 Å².